The minimum absolute atomic E-state index is 0.0831. The number of carbonyl (C=O) groups excluding carboxylic acids is 1. The van der Waals surface area contributed by atoms with Crippen molar-refractivity contribution >= 4 is 43.2 Å². The fourth-order valence-electron chi connectivity index (χ4n) is 1.29. The molecular weight excluding hydrogens is 352 g/mol. The molecule has 0 unspecified atom stereocenters. The van der Waals surface area contributed by atoms with Crippen LogP contribution in [-0.4, -0.2) is 26.4 Å². The molecule has 0 aliphatic rings. The Bertz CT molecular complexity index is 547. The minimum Gasteiger partial charge on any atom is -0.351 e. The Hall–Kier alpha value is -0.440. The van der Waals surface area contributed by atoms with E-state index in [1.807, 2.05) is 20.8 Å². The smallest absolute Gasteiger partial charge is 0.250 e. The zero-order chi connectivity index (χ0) is 14.7. The molecule has 108 valence electrons. The maximum atomic E-state index is 11.9. The van der Waals surface area contributed by atoms with Crippen LogP contribution >= 0.6 is 27.3 Å². The molecular formula is C11H17BrN2O3S2. The summed E-state index contributed by atoms with van der Waals surface area (Å²) in [5, 5.41) is 2.77. The van der Waals surface area contributed by atoms with Crippen molar-refractivity contribution in [1.82, 2.24) is 10.0 Å². The maximum Gasteiger partial charge on any atom is 0.250 e. The van der Waals surface area contributed by atoms with Gasteiger partial charge in [0, 0.05) is 18.5 Å². The van der Waals surface area contributed by atoms with E-state index in [4.69, 9.17) is 0 Å². The van der Waals surface area contributed by atoms with Crippen LogP contribution in [0.2, 0.25) is 0 Å². The summed E-state index contributed by atoms with van der Waals surface area (Å²) in [5.74, 6) is -0.178. The summed E-state index contributed by atoms with van der Waals surface area (Å²) in [7, 11) is -3.52. The molecule has 2 N–H and O–H groups in total. The average Bonchev–Trinajstić information content (AvgIpc) is 2.62. The number of sulfonamides is 1. The number of carbonyl (C=O) groups is 1. The normalized spacial score (nSPS) is 12.4. The van der Waals surface area contributed by atoms with Crippen LogP contribution in [0.4, 0.5) is 0 Å². The van der Waals surface area contributed by atoms with Crippen LogP contribution in [0.15, 0.2) is 20.1 Å². The van der Waals surface area contributed by atoms with Gasteiger partial charge in [0.15, 0.2) is 0 Å². The van der Waals surface area contributed by atoms with E-state index in [1.165, 1.54) is 6.07 Å². The van der Waals surface area contributed by atoms with E-state index in [0.717, 1.165) is 15.1 Å². The number of hydrogen-bond donors (Lipinski definition) is 2. The van der Waals surface area contributed by atoms with Crippen molar-refractivity contribution in [3.8, 4) is 0 Å². The maximum absolute atomic E-state index is 11.9. The number of hydrogen-bond acceptors (Lipinski definition) is 4. The van der Waals surface area contributed by atoms with Gasteiger partial charge in [-0.15, -0.1) is 11.3 Å². The summed E-state index contributed by atoms with van der Waals surface area (Å²) < 4.78 is 27.1. The predicted octanol–water partition coefficient (Wildman–Crippen LogP) is 2.09. The first-order valence-corrected chi connectivity index (χ1v) is 8.75. The van der Waals surface area contributed by atoms with Crippen LogP contribution in [0.1, 0.15) is 27.2 Å². The molecule has 0 saturated heterocycles. The highest BCUT2D eigenvalue weighted by Gasteiger charge is 2.17. The van der Waals surface area contributed by atoms with Gasteiger partial charge in [0.05, 0.1) is 3.79 Å². The van der Waals surface area contributed by atoms with E-state index in [-0.39, 0.29) is 28.6 Å². The lowest BCUT2D eigenvalue weighted by molar-refractivity contribution is -0.122. The number of nitrogens with one attached hydrogen (secondary N) is 2. The van der Waals surface area contributed by atoms with Gasteiger partial charge in [0.25, 0.3) is 0 Å². The molecule has 0 saturated carbocycles. The Morgan fingerprint density at radius 1 is 1.37 bits per heavy atom. The van der Waals surface area contributed by atoms with E-state index in [2.05, 4.69) is 26.0 Å². The van der Waals surface area contributed by atoms with Crippen molar-refractivity contribution in [2.24, 2.45) is 0 Å². The van der Waals surface area contributed by atoms with Crippen molar-refractivity contribution in [2.75, 3.05) is 6.54 Å². The summed E-state index contributed by atoms with van der Waals surface area (Å²) in [6.45, 7) is 5.70. The van der Waals surface area contributed by atoms with E-state index in [1.54, 1.807) is 6.07 Å². The summed E-state index contributed by atoms with van der Waals surface area (Å²) in [6, 6.07) is 3.19. The van der Waals surface area contributed by atoms with Gasteiger partial charge in [-0.05, 0) is 48.8 Å². The first-order chi connectivity index (χ1) is 8.60. The van der Waals surface area contributed by atoms with Gasteiger partial charge in [-0.3, -0.25) is 4.79 Å². The largest absolute Gasteiger partial charge is 0.351 e. The Labute approximate surface area is 126 Å². The topological polar surface area (TPSA) is 75.3 Å². The fourth-order valence-corrected chi connectivity index (χ4v) is 4.38. The Balaban J connectivity index is 2.47. The van der Waals surface area contributed by atoms with Crippen molar-refractivity contribution in [3.63, 3.8) is 0 Å². The van der Waals surface area contributed by atoms with Crippen LogP contribution < -0.4 is 10.0 Å². The molecule has 0 bridgehead atoms. The molecule has 1 rings (SSSR count). The number of amides is 1. The standard InChI is InChI=1S/C11H17BrN2O3S2/c1-11(2,3)14-9(15)6-7-13-19(16,17)10-5-4-8(12)18-10/h4-5,13H,6-7H2,1-3H3,(H,14,15). The van der Waals surface area contributed by atoms with Crippen LogP contribution in [0.25, 0.3) is 0 Å². The van der Waals surface area contributed by atoms with E-state index in [9.17, 15) is 13.2 Å². The number of rotatable bonds is 5. The SMILES string of the molecule is CC(C)(C)NC(=O)CCNS(=O)(=O)c1ccc(Br)s1. The molecule has 1 aromatic rings. The van der Waals surface area contributed by atoms with Gasteiger partial charge in [0.2, 0.25) is 15.9 Å². The second kappa shape index (κ2) is 6.34. The molecule has 5 nitrogen and oxygen atoms in total. The molecule has 1 amide bonds. The van der Waals surface area contributed by atoms with Crippen molar-refractivity contribution in [2.45, 2.75) is 36.9 Å². The zero-order valence-electron chi connectivity index (χ0n) is 11.0. The molecule has 0 aliphatic carbocycles. The summed E-state index contributed by atoms with van der Waals surface area (Å²) in [6.07, 6.45) is 0.114. The number of halogens is 1. The monoisotopic (exact) mass is 368 g/mol. The van der Waals surface area contributed by atoms with Crippen LogP contribution in [0, 0.1) is 0 Å². The molecule has 1 heterocycles. The van der Waals surface area contributed by atoms with Crippen molar-refractivity contribution in [3.05, 3.63) is 15.9 Å². The summed E-state index contributed by atoms with van der Waals surface area (Å²) in [4.78, 5) is 11.5. The highest BCUT2D eigenvalue weighted by atomic mass is 79.9. The van der Waals surface area contributed by atoms with Crippen LogP contribution in [0.3, 0.4) is 0 Å². The van der Waals surface area contributed by atoms with E-state index < -0.39 is 10.0 Å². The molecule has 1 aromatic heterocycles. The minimum atomic E-state index is -3.52. The van der Waals surface area contributed by atoms with Gasteiger partial charge in [-0.1, -0.05) is 0 Å². The summed E-state index contributed by atoms with van der Waals surface area (Å²) >= 11 is 4.34. The van der Waals surface area contributed by atoms with Crippen molar-refractivity contribution < 1.29 is 13.2 Å². The first-order valence-electron chi connectivity index (χ1n) is 5.66. The quantitative estimate of drug-likeness (QED) is 0.835. The molecule has 0 atom stereocenters. The lowest BCUT2D eigenvalue weighted by atomic mass is 10.1. The second-order valence-electron chi connectivity index (χ2n) is 5.00. The lowest BCUT2D eigenvalue weighted by Gasteiger charge is -2.20. The van der Waals surface area contributed by atoms with E-state index in [0.29, 0.717) is 0 Å². The van der Waals surface area contributed by atoms with Crippen molar-refractivity contribution in [1.29, 1.82) is 0 Å². The Morgan fingerprint density at radius 2 is 2.00 bits per heavy atom. The fraction of sp³-hybridized carbons (Fsp3) is 0.545. The van der Waals surface area contributed by atoms with E-state index >= 15 is 0 Å². The third-order valence-electron chi connectivity index (χ3n) is 1.97. The molecule has 0 aromatic carbocycles. The third kappa shape index (κ3) is 6.03. The van der Waals surface area contributed by atoms with Gasteiger partial charge in [-0.25, -0.2) is 13.1 Å². The lowest BCUT2D eigenvalue weighted by Crippen LogP contribution is -2.41. The van der Waals surface area contributed by atoms with Gasteiger partial charge in [0.1, 0.15) is 4.21 Å². The highest BCUT2D eigenvalue weighted by Crippen LogP contribution is 2.25. The number of thiophene rings is 1. The van der Waals surface area contributed by atoms with Gasteiger partial charge in [-0.2, -0.15) is 0 Å². The third-order valence-corrected chi connectivity index (χ3v) is 5.55. The molecule has 0 spiro atoms. The Morgan fingerprint density at radius 3 is 2.47 bits per heavy atom. The van der Waals surface area contributed by atoms with Crippen LogP contribution in [-0.2, 0) is 14.8 Å². The molecule has 19 heavy (non-hydrogen) atoms. The zero-order valence-corrected chi connectivity index (χ0v) is 14.2. The van der Waals surface area contributed by atoms with Gasteiger partial charge < -0.3 is 5.32 Å². The first kappa shape index (κ1) is 16.6. The molecule has 8 heteroatoms. The van der Waals surface area contributed by atoms with Crippen LogP contribution in [0.5, 0.6) is 0 Å². The molecule has 0 radical (unpaired) electrons. The summed E-state index contributed by atoms with van der Waals surface area (Å²) in [5.41, 5.74) is -0.311. The predicted molar refractivity (Wildman–Crippen MR) is 79.7 cm³/mol. The molecule has 0 aliphatic heterocycles. The highest BCUT2D eigenvalue weighted by molar-refractivity contribution is 9.11. The molecule has 0 fully saturated rings. The Kier molecular flexibility index (Phi) is 5.54. The average molecular weight is 369 g/mol. The second-order valence-corrected chi connectivity index (χ2v) is 9.46. The van der Waals surface area contributed by atoms with Gasteiger partial charge >= 0.3 is 0 Å².